The van der Waals surface area contributed by atoms with Crippen molar-refractivity contribution in [2.24, 2.45) is 11.3 Å². The maximum Gasteiger partial charge on any atom is 0.0110 e. The van der Waals surface area contributed by atoms with E-state index in [1.165, 1.54) is 12.8 Å². The monoisotopic (exact) mass is 128 g/mol. The van der Waals surface area contributed by atoms with Crippen LogP contribution in [0.25, 0.3) is 0 Å². The largest absolute Gasteiger partial charge is 0.161 e. The van der Waals surface area contributed by atoms with Gasteiger partial charge in [-0.05, 0) is 30.4 Å². The quantitative estimate of drug-likeness (QED) is 0.521. The van der Waals surface area contributed by atoms with Crippen molar-refractivity contribution in [2.45, 2.75) is 25.0 Å². The first-order valence-corrected chi connectivity index (χ1v) is 4.61. The highest BCUT2D eigenvalue weighted by molar-refractivity contribution is 7.99. The molecule has 0 heterocycles. The van der Waals surface area contributed by atoms with E-state index in [1.807, 2.05) is 0 Å². The number of hydrogen-bond acceptors (Lipinski definition) is 1. The Bertz CT molecular complexity index is 122. The molecule has 3 unspecified atom stereocenters. The van der Waals surface area contributed by atoms with Gasteiger partial charge >= 0.3 is 0 Å². The molecule has 0 aromatic rings. The van der Waals surface area contributed by atoms with E-state index < -0.39 is 0 Å². The van der Waals surface area contributed by atoms with E-state index in [0.29, 0.717) is 0 Å². The lowest BCUT2D eigenvalue weighted by Crippen LogP contribution is -1.79. The summed E-state index contributed by atoms with van der Waals surface area (Å²) in [6.07, 6.45) is 5.29. The summed E-state index contributed by atoms with van der Waals surface area (Å²) in [6, 6.07) is 0. The van der Waals surface area contributed by atoms with Gasteiger partial charge in [-0.25, -0.2) is 0 Å². The fourth-order valence-electron chi connectivity index (χ4n) is 1.85. The Kier molecular flexibility index (Phi) is 0.811. The number of rotatable bonds is 1. The third-order valence-corrected chi connectivity index (χ3v) is 4.04. The molecule has 2 saturated carbocycles. The Morgan fingerprint density at radius 1 is 1.50 bits per heavy atom. The van der Waals surface area contributed by atoms with Crippen LogP contribution in [0, 0.1) is 11.3 Å². The predicted octanol–water partition coefficient (Wildman–Crippen LogP) is 2.15. The van der Waals surface area contributed by atoms with E-state index in [2.05, 4.69) is 24.9 Å². The van der Waals surface area contributed by atoms with Gasteiger partial charge in [0.15, 0.2) is 0 Å². The molecule has 0 aliphatic heterocycles. The van der Waals surface area contributed by atoms with Crippen molar-refractivity contribution in [3.63, 3.8) is 0 Å². The zero-order valence-corrected chi connectivity index (χ0v) is 6.29. The van der Waals surface area contributed by atoms with E-state index in [-0.39, 0.29) is 0 Å². The van der Waals surface area contributed by atoms with Crippen LogP contribution < -0.4 is 0 Å². The highest BCUT2D eigenvalue weighted by Gasteiger charge is 2.67. The number of hydrogen-bond donors (Lipinski definition) is 0. The van der Waals surface area contributed by atoms with Crippen molar-refractivity contribution in [3.05, 3.63) is 0 Å². The van der Waals surface area contributed by atoms with Gasteiger partial charge in [0.05, 0.1) is 0 Å². The molecule has 2 fully saturated rings. The zero-order valence-electron chi connectivity index (χ0n) is 5.48. The third-order valence-electron chi connectivity index (χ3n) is 2.84. The highest BCUT2D eigenvalue weighted by atomic mass is 32.2. The number of thioether (sulfide) groups is 1. The van der Waals surface area contributed by atoms with Crippen LogP contribution in [0.4, 0.5) is 0 Å². The molecule has 2 aliphatic rings. The van der Waals surface area contributed by atoms with Crippen molar-refractivity contribution < 1.29 is 0 Å². The lowest BCUT2D eigenvalue weighted by atomic mass is 10.3. The Morgan fingerprint density at radius 3 is 2.25 bits per heavy atom. The second-order valence-electron chi connectivity index (χ2n) is 3.27. The van der Waals surface area contributed by atoms with Crippen LogP contribution in [-0.2, 0) is 0 Å². The molecule has 3 atom stereocenters. The summed E-state index contributed by atoms with van der Waals surface area (Å²) >= 11 is 2.06. The van der Waals surface area contributed by atoms with Crippen LogP contribution in [0.3, 0.4) is 0 Å². The minimum absolute atomic E-state index is 0.888. The molecule has 0 N–H and O–H groups in total. The molecule has 1 spiro atoms. The molecule has 0 nitrogen and oxygen atoms in total. The van der Waals surface area contributed by atoms with Gasteiger partial charge in [-0.15, -0.1) is 0 Å². The van der Waals surface area contributed by atoms with E-state index in [1.54, 1.807) is 0 Å². The fourth-order valence-corrected chi connectivity index (χ4v) is 3.12. The summed E-state index contributed by atoms with van der Waals surface area (Å²) in [7, 11) is 0. The van der Waals surface area contributed by atoms with Crippen LogP contribution in [0.2, 0.25) is 0 Å². The average molecular weight is 128 g/mol. The van der Waals surface area contributed by atoms with Crippen molar-refractivity contribution in [1.29, 1.82) is 0 Å². The Labute approximate surface area is 55.0 Å². The minimum atomic E-state index is 0.888. The van der Waals surface area contributed by atoms with Crippen molar-refractivity contribution in [1.82, 2.24) is 0 Å². The standard InChI is InChI=1S/C7H12S/c1-5-3-7(5)4-6(7)8-2/h5-6H,3-4H2,1-2H3. The lowest BCUT2D eigenvalue weighted by Gasteiger charge is -1.85. The van der Waals surface area contributed by atoms with Gasteiger partial charge in [0, 0.05) is 5.25 Å². The van der Waals surface area contributed by atoms with Crippen LogP contribution in [0.1, 0.15) is 19.8 Å². The normalized spacial score (nSPS) is 59.2. The smallest absolute Gasteiger partial charge is 0.0110 e. The topological polar surface area (TPSA) is 0 Å². The first-order valence-electron chi connectivity index (χ1n) is 3.32. The van der Waals surface area contributed by atoms with Crippen LogP contribution in [0.15, 0.2) is 0 Å². The van der Waals surface area contributed by atoms with Gasteiger partial charge in [-0.3, -0.25) is 0 Å². The van der Waals surface area contributed by atoms with E-state index >= 15 is 0 Å². The summed E-state index contributed by atoms with van der Waals surface area (Å²) < 4.78 is 0. The molecular formula is C7H12S. The van der Waals surface area contributed by atoms with E-state index in [9.17, 15) is 0 Å². The van der Waals surface area contributed by atoms with Crippen LogP contribution in [0.5, 0.6) is 0 Å². The van der Waals surface area contributed by atoms with Gasteiger partial charge in [-0.1, -0.05) is 6.92 Å². The van der Waals surface area contributed by atoms with Gasteiger partial charge in [0.1, 0.15) is 0 Å². The SMILES string of the molecule is CSC1CC12CC2C. The van der Waals surface area contributed by atoms with Gasteiger partial charge < -0.3 is 0 Å². The molecule has 0 amide bonds. The zero-order chi connectivity index (χ0) is 5.78. The summed E-state index contributed by atoms with van der Waals surface area (Å²) in [4.78, 5) is 0. The second-order valence-corrected chi connectivity index (χ2v) is 4.31. The first-order chi connectivity index (χ1) is 3.79. The summed E-state index contributed by atoms with van der Waals surface area (Å²) in [5.41, 5.74) is 0.888. The molecule has 0 aromatic carbocycles. The Morgan fingerprint density at radius 2 is 2.12 bits per heavy atom. The van der Waals surface area contributed by atoms with Crippen molar-refractivity contribution >= 4 is 11.8 Å². The second kappa shape index (κ2) is 1.26. The highest BCUT2D eigenvalue weighted by Crippen LogP contribution is 2.73. The molecule has 2 aliphatic carbocycles. The molecule has 46 valence electrons. The summed E-state index contributed by atoms with van der Waals surface area (Å²) in [6.45, 7) is 2.39. The van der Waals surface area contributed by atoms with Gasteiger partial charge in [0.25, 0.3) is 0 Å². The molecule has 0 aromatic heterocycles. The van der Waals surface area contributed by atoms with Crippen LogP contribution in [-0.4, -0.2) is 11.5 Å². The average Bonchev–Trinajstić information content (AvgIpc) is 2.55. The van der Waals surface area contributed by atoms with Gasteiger partial charge in [-0.2, -0.15) is 11.8 Å². The molecule has 8 heavy (non-hydrogen) atoms. The first kappa shape index (κ1) is 5.16. The molecular weight excluding hydrogens is 116 g/mol. The molecule has 0 radical (unpaired) electrons. The Balaban J connectivity index is 1.97. The third kappa shape index (κ3) is 0.439. The lowest BCUT2D eigenvalue weighted by molar-refractivity contribution is 0.776. The van der Waals surface area contributed by atoms with Crippen molar-refractivity contribution in [3.8, 4) is 0 Å². The molecule has 0 bridgehead atoms. The fraction of sp³-hybridized carbons (Fsp3) is 1.00. The maximum atomic E-state index is 2.39. The van der Waals surface area contributed by atoms with Crippen LogP contribution >= 0.6 is 11.8 Å². The minimum Gasteiger partial charge on any atom is -0.161 e. The van der Waals surface area contributed by atoms with E-state index in [0.717, 1.165) is 16.6 Å². The molecule has 0 saturated heterocycles. The molecule has 2 rings (SSSR count). The molecule has 1 heteroatoms. The predicted molar refractivity (Wildman–Crippen MR) is 38.1 cm³/mol. The summed E-state index contributed by atoms with van der Waals surface area (Å²) in [5, 5.41) is 1.05. The summed E-state index contributed by atoms with van der Waals surface area (Å²) in [5.74, 6) is 1.07. The maximum absolute atomic E-state index is 2.39. The van der Waals surface area contributed by atoms with Crippen molar-refractivity contribution in [2.75, 3.05) is 6.26 Å². The Hall–Kier alpha value is 0.350. The van der Waals surface area contributed by atoms with Gasteiger partial charge in [0.2, 0.25) is 0 Å². The van der Waals surface area contributed by atoms with E-state index in [4.69, 9.17) is 0 Å².